The molecular formula is C134H88N12. The molecule has 19 aromatic carbocycles. The smallest absolute Gasteiger partial charge is 0.164 e. The molecule has 0 spiro atoms. The second-order valence-electron chi connectivity index (χ2n) is 35.9. The minimum atomic E-state index is 0.584. The number of aromatic nitrogens is 12. The van der Waals surface area contributed by atoms with E-state index in [0.29, 0.717) is 40.8 Å². The molecule has 7 aromatic heterocycles. The monoisotopic (exact) mass is 1860 g/mol. The predicted octanol–water partition coefficient (Wildman–Crippen LogP) is 33.6. The van der Waals surface area contributed by atoms with Gasteiger partial charge in [-0.25, -0.2) is 39.9 Å². The zero-order chi connectivity index (χ0) is 97.3. The van der Waals surface area contributed by atoms with Gasteiger partial charge >= 0.3 is 0 Å². The van der Waals surface area contributed by atoms with Crippen molar-refractivity contribution in [2.75, 3.05) is 0 Å². The largest absolute Gasteiger partial charge is 0.265 e. The van der Waals surface area contributed by atoms with Gasteiger partial charge in [-0.2, -0.15) is 0 Å². The molecule has 0 saturated heterocycles. The average Bonchev–Trinajstić information content (AvgIpc) is 0.603. The second kappa shape index (κ2) is 40.6. The molecule has 7 heterocycles. The highest BCUT2D eigenvalue weighted by Gasteiger charge is 2.23. The summed E-state index contributed by atoms with van der Waals surface area (Å²) in [7, 11) is 0. The summed E-state index contributed by atoms with van der Waals surface area (Å²) in [4.78, 5) is 58.4. The topological polar surface area (TPSA) is 155 Å². The van der Waals surface area contributed by atoms with Gasteiger partial charge in [0.2, 0.25) is 0 Å². The summed E-state index contributed by atoms with van der Waals surface area (Å²) in [6, 6.07) is 169. The molecule has 0 atom stereocenters. The molecule has 12 heteroatoms. The Balaban J connectivity index is 0.000000117. The van der Waals surface area contributed by atoms with E-state index in [0.717, 1.165) is 167 Å². The van der Waals surface area contributed by atoms with Crippen molar-refractivity contribution in [2.24, 2.45) is 0 Å². The number of rotatable bonds is 18. The van der Waals surface area contributed by atoms with Crippen molar-refractivity contribution in [3.63, 3.8) is 0 Å². The summed E-state index contributed by atoms with van der Waals surface area (Å²) in [5, 5.41) is 12.0. The summed E-state index contributed by atoms with van der Waals surface area (Å²) in [5.74, 6) is 4.37. The van der Waals surface area contributed by atoms with Gasteiger partial charge in [-0.05, 0) is 259 Å². The van der Waals surface area contributed by atoms with Crippen molar-refractivity contribution in [3.05, 3.63) is 535 Å². The molecule has 0 amide bonds. The Morgan fingerprint density at radius 2 is 0.384 bits per heavy atom. The van der Waals surface area contributed by atoms with E-state index in [2.05, 4.69) is 396 Å². The molecule has 0 bridgehead atoms. The summed E-state index contributed by atoms with van der Waals surface area (Å²) in [6.45, 7) is 0. The Hall–Kier alpha value is -19.8. The van der Waals surface area contributed by atoms with E-state index in [-0.39, 0.29) is 0 Å². The zero-order valence-electron chi connectivity index (χ0n) is 79.2. The maximum absolute atomic E-state index is 5.22. The van der Waals surface area contributed by atoms with E-state index < -0.39 is 0 Å². The Morgan fingerprint density at radius 1 is 0.110 bits per heavy atom. The molecule has 0 radical (unpaired) electrons. The van der Waals surface area contributed by atoms with Gasteiger partial charge in [0.05, 0.1) is 11.4 Å². The normalized spacial score (nSPS) is 11.2. The highest BCUT2D eigenvalue weighted by Crippen LogP contribution is 2.45. The molecule has 12 nitrogen and oxygen atoms in total. The van der Waals surface area contributed by atoms with Crippen LogP contribution in [0.15, 0.2) is 535 Å². The van der Waals surface area contributed by atoms with Crippen LogP contribution in [0.5, 0.6) is 0 Å². The lowest BCUT2D eigenvalue weighted by atomic mass is 9.89. The van der Waals surface area contributed by atoms with Crippen molar-refractivity contribution >= 4 is 53.9 Å². The third kappa shape index (κ3) is 19.0. The van der Waals surface area contributed by atoms with E-state index in [1.807, 2.05) is 146 Å². The van der Waals surface area contributed by atoms with Crippen LogP contribution in [0.1, 0.15) is 0 Å². The van der Waals surface area contributed by atoms with Gasteiger partial charge in [-0.3, -0.25) is 19.9 Å². The first-order chi connectivity index (χ1) is 72.3. The summed E-state index contributed by atoms with van der Waals surface area (Å²) in [5.41, 5.74) is 30.1. The van der Waals surface area contributed by atoms with E-state index in [4.69, 9.17) is 39.9 Å². The van der Waals surface area contributed by atoms with Gasteiger partial charge in [0.25, 0.3) is 0 Å². The molecular weight excluding hydrogens is 1780 g/mol. The van der Waals surface area contributed by atoms with Crippen LogP contribution >= 0.6 is 0 Å². The van der Waals surface area contributed by atoms with E-state index in [1.165, 1.54) is 48.7 Å². The van der Waals surface area contributed by atoms with E-state index >= 15 is 0 Å². The van der Waals surface area contributed by atoms with Crippen molar-refractivity contribution in [1.29, 1.82) is 0 Å². The predicted molar refractivity (Wildman–Crippen MR) is 598 cm³/mol. The van der Waals surface area contributed by atoms with E-state index in [1.54, 1.807) is 12.4 Å². The molecule has 0 unspecified atom stereocenters. The fourth-order valence-corrected chi connectivity index (χ4v) is 19.4. The van der Waals surface area contributed by atoms with E-state index in [9.17, 15) is 0 Å². The minimum Gasteiger partial charge on any atom is -0.265 e. The SMILES string of the molecule is c1ccc(-c2cc(-c3ccccc3)nc(-c3cc(-c4cccc5cnccc45)cc(-c4cc5ccccc5c5ccccc45)c3)n2)cc1.c1ccc(-c2cccc(-c3nc(-c4cccc(-c5ccccc5)c4)nc(-c4cc(-c5cccnc5)cc(-c5cccnc5)c4)n3)c2)cc1.c1ccc(-c2nc(-c3ccccc3)nc(-c3cc(-c4cccc(-c5ccncc5)c4)cc(-c4cc5ccccc5c5ccccc45)c3)n2)cc1. The molecule has 0 saturated carbocycles. The quantitative estimate of drug-likeness (QED) is 0.0751. The number of nitrogens with zero attached hydrogens (tertiary/aromatic N) is 12. The first-order valence-corrected chi connectivity index (χ1v) is 48.7. The number of hydrogen-bond donors (Lipinski definition) is 0. The second-order valence-corrected chi connectivity index (χ2v) is 35.9. The van der Waals surface area contributed by atoms with Crippen LogP contribution in [0.25, 0.3) is 256 Å². The molecule has 0 aliphatic carbocycles. The van der Waals surface area contributed by atoms with Gasteiger partial charge in [-0.1, -0.05) is 364 Å². The van der Waals surface area contributed by atoms with Crippen LogP contribution in [0, 0.1) is 0 Å². The number of benzene rings is 19. The third-order valence-corrected chi connectivity index (χ3v) is 26.6. The maximum atomic E-state index is 5.22. The summed E-state index contributed by atoms with van der Waals surface area (Å²) >= 11 is 0. The minimum absolute atomic E-state index is 0.584. The van der Waals surface area contributed by atoms with Crippen LogP contribution in [0.3, 0.4) is 0 Å². The molecule has 0 N–H and O–H groups in total. The number of pyridine rings is 4. The first kappa shape index (κ1) is 88.8. The fourth-order valence-electron chi connectivity index (χ4n) is 19.4. The Bertz CT molecular complexity index is 9000. The lowest BCUT2D eigenvalue weighted by Crippen LogP contribution is -2.01. The van der Waals surface area contributed by atoms with Crippen molar-refractivity contribution in [2.45, 2.75) is 0 Å². The molecule has 0 aliphatic heterocycles. The lowest BCUT2D eigenvalue weighted by Gasteiger charge is -2.16. The fraction of sp³-hybridized carbons (Fsp3) is 0. The van der Waals surface area contributed by atoms with Gasteiger partial charge < -0.3 is 0 Å². The van der Waals surface area contributed by atoms with Gasteiger partial charge in [0.1, 0.15) is 0 Å². The first-order valence-electron chi connectivity index (χ1n) is 48.7. The van der Waals surface area contributed by atoms with Crippen LogP contribution in [0.2, 0.25) is 0 Å². The van der Waals surface area contributed by atoms with Crippen LogP contribution in [-0.4, -0.2) is 59.8 Å². The molecule has 0 aliphatic rings. The number of hydrogen-bond acceptors (Lipinski definition) is 12. The maximum Gasteiger partial charge on any atom is 0.164 e. The lowest BCUT2D eigenvalue weighted by molar-refractivity contribution is 1.07. The van der Waals surface area contributed by atoms with Crippen LogP contribution in [0.4, 0.5) is 0 Å². The van der Waals surface area contributed by atoms with Crippen LogP contribution in [-0.2, 0) is 0 Å². The molecule has 146 heavy (non-hydrogen) atoms. The third-order valence-electron chi connectivity index (χ3n) is 26.6. The highest BCUT2D eigenvalue weighted by atomic mass is 15.0. The molecule has 684 valence electrons. The van der Waals surface area contributed by atoms with Gasteiger partial charge in [0.15, 0.2) is 40.8 Å². The molecule has 0 fully saturated rings. The zero-order valence-corrected chi connectivity index (χ0v) is 79.2. The molecule has 26 aromatic rings. The van der Waals surface area contributed by atoms with Gasteiger partial charge in [0, 0.05) is 116 Å². The standard InChI is InChI=1S/C46H30N4.C45H29N3.C43H29N5/c1-3-12-32(13-4-1)44-48-45(33-14-5-2-6-15-33)50-46(49-44)39-28-37(35-18-11-17-34(26-35)31-22-24-47-25-23-31)27-38(29-39)43-30-36-16-7-8-19-40(36)41-20-9-10-21-42(41)43;1-3-12-30(13-4-1)43-28-44(31-14-5-2-6-15-31)48-45(47-43)36-25-34(38-21-11-17-33-29-46-23-22-39(33)38)24-35(26-36)42-27-32-16-7-8-18-37(32)40-19-9-10-20-41(40)42;1-3-11-30(12-4-1)32-15-7-17-34(23-32)41-46-42(35-18-8-16-33(24-35)31-13-5-2-6-14-31)48-43(47-41)40-26-38(36-19-9-21-44-28-36)25-39(27-40)37-20-10-22-45-29-37/h1-30H;2*1-29H. The summed E-state index contributed by atoms with van der Waals surface area (Å²) < 4.78 is 0. The number of fused-ring (bicyclic) bond motifs is 7. The average molecular weight is 1870 g/mol. The molecule has 26 rings (SSSR count). The van der Waals surface area contributed by atoms with Gasteiger partial charge in [-0.15, -0.1) is 0 Å². The van der Waals surface area contributed by atoms with Crippen molar-refractivity contribution < 1.29 is 0 Å². The summed E-state index contributed by atoms with van der Waals surface area (Å²) in [6.07, 6.45) is 14.8. The van der Waals surface area contributed by atoms with Crippen molar-refractivity contribution in [3.8, 4) is 202 Å². The Morgan fingerprint density at radius 3 is 0.822 bits per heavy atom. The van der Waals surface area contributed by atoms with Crippen molar-refractivity contribution in [1.82, 2.24) is 59.8 Å². The van der Waals surface area contributed by atoms with Crippen LogP contribution < -0.4 is 0 Å². The highest BCUT2D eigenvalue weighted by molar-refractivity contribution is 6.16. The Labute approximate surface area is 845 Å². The Kier molecular flexibility index (Phi) is 24.7.